The minimum atomic E-state index is -0.408. The molecule has 0 fully saturated rings. The van der Waals surface area contributed by atoms with Gasteiger partial charge in [-0.25, -0.2) is 0 Å². The van der Waals surface area contributed by atoms with Crippen LogP contribution in [0.25, 0.3) is 0 Å². The predicted octanol–water partition coefficient (Wildman–Crippen LogP) is 1.85. The monoisotopic (exact) mass is 343 g/mol. The smallest absolute Gasteiger partial charge is 0.237 e. The molecular formula is C16H30ClN5O. The van der Waals surface area contributed by atoms with Crippen molar-refractivity contribution in [1.29, 1.82) is 0 Å². The van der Waals surface area contributed by atoms with Crippen molar-refractivity contribution >= 4 is 18.3 Å². The molecule has 0 spiro atoms. The van der Waals surface area contributed by atoms with Crippen molar-refractivity contribution in [2.24, 2.45) is 11.7 Å². The van der Waals surface area contributed by atoms with Crippen molar-refractivity contribution in [2.45, 2.75) is 71.4 Å². The Balaban J connectivity index is 0.00000264. The molecule has 2 unspecified atom stereocenters. The van der Waals surface area contributed by atoms with Gasteiger partial charge in [-0.2, -0.15) is 0 Å². The fraction of sp³-hybridized carbons (Fsp3) is 0.812. The molecule has 1 aromatic rings. The van der Waals surface area contributed by atoms with E-state index >= 15 is 0 Å². The van der Waals surface area contributed by atoms with E-state index in [-0.39, 0.29) is 24.2 Å². The molecule has 2 atom stereocenters. The van der Waals surface area contributed by atoms with Gasteiger partial charge in [-0.3, -0.25) is 4.79 Å². The van der Waals surface area contributed by atoms with Crippen LogP contribution in [-0.2, 0) is 24.2 Å². The van der Waals surface area contributed by atoms with Crippen LogP contribution in [0.2, 0.25) is 0 Å². The molecule has 0 saturated carbocycles. The summed E-state index contributed by atoms with van der Waals surface area (Å²) in [5.41, 5.74) is 5.92. The molecule has 1 amide bonds. The van der Waals surface area contributed by atoms with E-state index in [1.165, 1.54) is 19.3 Å². The van der Waals surface area contributed by atoms with Crippen LogP contribution in [0.15, 0.2) is 0 Å². The van der Waals surface area contributed by atoms with Crippen LogP contribution < -0.4 is 11.1 Å². The number of carbonyl (C=O) groups is 1. The SMILES string of the molecule is CCC(C)C(N)C(=O)NCCCc1nnc2n1CCCCC2.Cl. The van der Waals surface area contributed by atoms with Crippen molar-refractivity contribution in [3.8, 4) is 0 Å². The van der Waals surface area contributed by atoms with Gasteiger partial charge in [0.2, 0.25) is 5.91 Å². The van der Waals surface area contributed by atoms with E-state index in [2.05, 4.69) is 27.0 Å². The number of nitrogens with one attached hydrogen (secondary N) is 1. The summed E-state index contributed by atoms with van der Waals surface area (Å²) in [5.74, 6) is 2.34. The van der Waals surface area contributed by atoms with Crippen molar-refractivity contribution in [3.05, 3.63) is 11.6 Å². The fourth-order valence-corrected chi connectivity index (χ4v) is 2.82. The van der Waals surface area contributed by atoms with Gasteiger partial charge in [0.25, 0.3) is 0 Å². The Bertz CT molecular complexity index is 491. The third kappa shape index (κ3) is 5.46. The summed E-state index contributed by atoms with van der Waals surface area (Å²) in [6.07, 6.45) is 7.36. The highest BCUT2D eigenvalue weighted by Gasteiger charge is 2.19. The molecule has 7 heteroatoms. The van der Waals surface area contributed by atoms with Crippen LogP contribution in [0.5, 0.6) is 0 Å². The molecule has 0 bridgehead atoms. The molecule has 1 aliphatic rings. The number of rotatable bonds is 7. The lowest BCUT2D eigenvalue weighted by atomic mass is 9.99. The molecule has 1 aliphatic heterocycles. The molecule has 3 N–H and O–H groups in total. The maximum absolute atomic E-state index is 11.9. The second kappa shape index (κ2) is 9.88. The van der Waals surface area contributed by atoms with Gasteiger partial charge in [0.1, 0.15) is 11.6 Å². The summed E-state index contributed by atoms with van der Waals surface area (Å²) in [7, 11) is 0. The second-order valence-corrected chi connectivity index (χ2v) is 6.30. The highest BCUT2D eigenvalue weighted by atomic mass is 35.5. The number of carbonyl (C=O) groups excluding carboxylic acids is 1. The third-order valence-corrected chi connectivity index (χ3v) is 4.62. The van der Waals surface area contributed by atoms with E-state index in [4.69, 9.17) is 5.73 Å². The lowest BCUT2D eigenvalue weighted by molar-refractivity contribution is -0.123. The lowest BCUT2D eigenvalue weighted by Gasteiger charge is -2.17. The van der Waals surface area contributed by atoms with Crippen LogP contribution in [0.3, 0.4) is 0 Å². The first kappa shape index (κ1) is 19.9. The number of aromatic nitrogens is 3. The number of halogens is 1. The molecular weight excluding hydrogens is 314 g/mol. The average molecular weight is 344 g/mol. The topological polar surface area (TPSA) is 85.8 Å². The first-order valence-electron chi connectivity index (χ1n) is 8.57. The lowest BCUT2D eigenvalue weighted by Crippen LogP contribution is -2.44. The molecule has 0 aromatic carbocycles. The van der Waals surface area contributed by atoms with Crippen LogP contribution in [0.1, 0.15) is 57.6 Å². The molecule has 0 saturated heterocycles. The zero-order chi connectivity index (χ0) is 15.9. The summed E-state index contributed by atoms with van der Waals surface area (Å²) in [6, 6.07) is -0.408. The number of nitrogens with zero attached hydrogens (tertiary/aromatic N) is 3. The molecule has 132 valence electrons. The zero-order valence-corrected chi connectivity index (χ0v) is 15.1. The minimum absolute atomic E-state index is 0. The summed E-state index contributed by atoms with van der Waals surface area (Å²) >= 11 is 0. The van der Waals surface area contributed by atoms with E-state index in [9.17, 15) is 4.79 Å². The van der Waals surface area contributed by atoms with Crippen LogP contribution >= 0.6 is 12.4 Å². The summed E-state index contributed by atoms with van der Waals surface area (Å²) in [6.45, 7) is 5.73. The Labute approximate surface area is 145 Å². The predicted molar refractivity (Wildman–Crippen MR) is 93.6 cm³/mol. The largest absolute Gasteiger partial charge is 0.355 e. The number of hydrogen-bond donors (Lipinski definition) is 2. The first-order chi connectivity index (χ1) is 10.6. The summed E-state index contributed by atoms with van der Waals surface area (Å²) in [5, 5.41) is 11.5. The van der Waals surface area contributed by atoms with Crippen molar-refractivity contribution in [2.75, 3.05) is 6.54 Å². The van der Waals surface area contributed by atoms with Gasteiger partial charge in [-0.15, -0.1) is 22.6 Å². The molecule has 2 rings (SSSR count). The quantitative estimate of drug-likeness (QED) is 0.740. The Kier molecular flexibility index (Phi) is 8.55. The van der Waals surface area contributed by atoms with Gasteiger partial charge < -0.3 is 15.6 Å². The number of nitrogens with two attached hydrogens (primary N) is 1. The zero-order valence-electron chi connectivity index (χ0n) is 14.3. The van der Waals surface area contributed by atoms with Gasteiger partial charge in [0.15, 0.2) is 0 Å². The van der Waals surface area contributed by atoms with Crippen molar-refractivity contribution in [3.63, 3.8) is 0 Å². The highest BCUT2D eigenvalue weighted by Crippen LogP contribution is 2.15. The van der Waals surface area contributed by atoms with Crippen LogP contribution in [0, 0.1) is 5.92 Å². The van der Waals surface area contributed by atoms with E-state index < -0.39 is 6.04 Å². The Hall–Kier alpha value is -1.14. The van der Waals surface area contributed by atoms with E-state index in [1.807, 2.05) is 6.92 Å². The Morgan fingerprint density at radius 3 is 2.87 bits per heavy atom. The summed E-state index contributed by atoms with van der Waals surface area (Å²) in [4.78, 5) is 11.9. The van der Waals surface area contributed by atoms with Gasteiger partial charge in [0, 0.05) is 25.9 Å². The number of hydrogen-bond acceptors (Lipinski definition) is 4. The molecule has 1 aromatic heterocycles. The third-order valence-electron chi connectivity index (χ3n) is 4.62. The average Bonchev–Trinajstić information content (AvgIpc) is 2.76. The fourth-order valence-electron chi connectivity index (χ4n) is 2.82. The van der Waals surface area contributed by atoms with Gasteiger partial charge in [0.05, 0.1) is 6.04 Å². The van der Waals surface area contributed by atoms with Crippen molar-refractivity contribution in [1.82, 2.24) is 20.1 Å². The maximum atomic E-state index is 11.9. The summed E-state index contributed by atoms with van der Waals surface area (Å²) < 4.78 is 2.26. The van der Waals surface area contributed by atoms with Gasteiger partial charge in [-0.05, 0) is 25.2 Å². The second-order valence-electron chi connectivity index (χ2n) is 6.30. The molecule has 0 aliphatic carbocycles. The number of amides is 1. The van der Waals surface area contributed by atoms with Gasteiger partial charge >= 0.3 is 0 Å². The Morgan fingerprint density at radius 2 is 2.13 bits per heavy atom. The Morgan fingerprint density at radius 1 is 1.35 bits per heavy atom. The van der Waals surface area contributed by atoms with E-state index in [0.29, 0.717) is 6.54 Å². The van der Waals surface area contributed by atoms with E-state index in [0.717, 1.165) is 43.9 Å². The van der Waals surface area contributed by atoms with Gasteiger partial charge in [-0.1, -0.05) is 26.7 Å². The number of aryl methyl sites for hydroxylation is 2. The maximum Gasteiger partial charge on any atom is 0.237 e. The molecule has 6 nitrogen and oxygen atoms in total. The molecule has 0 radical (unpaired) electrons. The van der Waals surface area contributed by atoms with Crippen molar-refractivity contribution < 1.29 is 4.79 Å². The van der Waals surface area contributed by atoms with Crippen LogP contribution in [0.4, 0.5) is 0 Å². The number of fused-ring (bicyclic) bond motifs is 1. The highest BCUT2D eigenvalue weighted by molar-refractivity contribution is 5.85. The van der Waals surface area contributed by atoms with E-state index in [1.54, 1.807) is 0 Å². The normalized spacial score (nSPS) is 16.7. The van der Waals surface area contributed by atoms with Crippen LogP contribution in [-0.4, -0.2) is 33.3 Å². The standard InChI is InChI=1S/C16H29N5O.ClH/c1-3-12(2)15(17)16(22)18-10-7-9-14-20-19-13-8-5-4-6-11-21(13)14;/h12,15H,3-11,17H2,1-2H3,(H,18,22);1H. The minimum Gasteiger partial charge on any atom is -0.355 e. The molecule has 23 heavy (non-hydrogen) atoms. The first-order valence-corrected chi connectivity index (χ1v) is 8.57. The molecule has 2 heterocycles.